The number of anilines is 1. The Bertz CT molecular complexity index is 683. The van der Waals surface area contributed by atoms with E-state index in [4.69, 9.17) is 9.47 Å². The highest BCUT2D eigenvalue weighted by atomic mass is 79.9. The number of halogens is 1. The van der Waals surface area contributed by atoms with E-state index >= 15 is 0 Å². The molecule has 0 unspecified atom stereocenters. The van der Waals surface area contributed by atoms with Crippen molar-refractivity contribution in [3.63, 3.8) is 0 Å². The third-order valence-electron chi connectivity index (χ3n) is 3.08. The summed E-state index contributed by atoms with van der Waals surface area (Å²) in [6, 6.07) is 14.3. The van der Waals surface area contributed by atoms with Gasteiger partial charge in [0.25, 0.3) is 5.91 Å². The fourth-order valence-corrected chi connectivity index (χ4v) is 2.23. The maximum absolute atomic E-state index is 11.8. The second-order valence-electron chi connectivity index (χ2n) is 4.97. The summed E-state index contributed by atoms with van der Waals surface area (Å²) in [6.45, 7) is 2.17. The van der Waals surface area contributed by atoms with Crippen LogP contribution in [-0.4, -0.2) is 25.1 Å². The first-order valence-corrected chi connectivity index (χ1v) is 8.29. The van der Waals surface area contributed by atoms with Gasteiger partial charge in [0, 0.05) is 10.2 Å². The second kappa shape index (κ2) is 9.08. The molecule has 0 radical (unpaired) electrons. The quantitative estimate of drug-likeness (QED) is 0.732. The van der Waals surface area contributed by atoms with E-state index in [1.807, 2.05) is 31.2 Å². The summed E-state index contributed by atoms with van der Waals surface area (Å²) >= 11 is 3.33. The Balaban J connectivity index is 1.75. The first kappa shape index (κ1) is 18.0. The van der Waals surface area contributed by atoms with E-state index in [9.17, 15) is 9.59 Å². The van der Waals surface area contributed by atoms with Gasteiger partial charge in [-0.15, -0.1) is 0 Å². The van der Waals surface area contributed by atoms with Crippen LogP contribution in [0.2, 0.25) is 0 Å². The predicted octanol–water partition coefficient (Wildman–Crippen LogP) is 3.57. The highest BCUT2D eigenvalue weighted by Crippen LogP contribution is 2.15. The third-order valence-corrected chi connectivity index (χ3v) is 3.60. The van der Waals surface area contributed by atoms with Gasteiger partial charge in [-0.25, -0.2) is 0 Å². The van der Waals surface area contributed by atoms with Crippen LogP contribution < -0.4 is 10.1 Å². The first-order valence-electron chi connectivity index (χ1n) is 7.49. The molecule has 0 saturated heterocycles. The topological polar surface area (TPSA) is 64.6 Å². The molecule has 1 amide bonds. The molecular weight excluding hydrogens is 374 g/mol. The number of hydrogen-bond acceptors (Lipinski definition) is 4. The van der Waals surface area contributed by atoms with E-state index in [1.165, 1.54) is 0 Å². The van der Waals surface area contributed by atoms with Gasteiger partial charge in [-0.1, -0.05) is 28.1 Å². The van der Waals surface area contributed by atoms with Crippen molar-refractivity contribution in [3.8, 4) is 5.75 Å². The molecule has 2 aromatic carbocycles. The lowest BCUT2D eigenvalue weighted by Gasteiger charge is -2.08. The fourth-order valence-electron chi connectivity index (χ4n) is 1.96. The summed E-state index contributed by atoms with van der Waals surface area (Å²) in [5, 5.41) is 2.66. The number of ether oxygens (including phenoxy) is 2. The number of rotatable bonds is 7. The van der Waals surface area contributed by atoms with Crippen molar-refractivity contribution in [2.24, 2.45) is 0 Å². The molecule has 0 aliphatic heterocycles. The van der Waals surface area contributed by atoms with Crippen molar-refractivity contribution in [1.82, 2.24) is 0 Å². The molecule has 24 heavy (non-hydrogen) atoms. The van der Waals surface area contributed by atoms with Gasteiger partial charge in [0.2, 0.25) is 0 Å². The molecule has 0 bridgehead atoms. The highest BCUT2D eigenvalue weighted by molar-refractivity contribution is 9.10. The van der Waals surface area contributed by atoms with Crippen LogP contribution in [0.5, 0.6) is 5.75 Å². The zero-order valence-corrected chi connectivity index (χ0v) is 14.8. The highest BCUT2D eigenvalue weighted by Gasteiger charge is 2.09. The Kier molecular flexibility index (Phi) is 6.81. The minimum atomic E-state index is -0.445. The molecule has 2 aromatic rings. The SMILES string of the molecule is CCOc1ccc(NC(=O)COC(=O)Cc2ccc(Br)cc2)cc1. The van der Waals surface area contributed by atoms with Gasteiger partial charge in [0.05, 0.1) is 13.0 Å². The van der Waals surface area contributed by atoms with Gasteiger partial charge in [-0.2, -0.15) is 0 Å². The molecule has 6 heteroatoms. The lowest BCUT2D eigenvalue weighted by atomic mass is 10.2. The van der Waals surface area contributed by atoms with Gasteiger partial charge in [-0.3, -0.25) is 9.59 Å². The Morgan fingerprint density at radius 2 is 1.71 bits per heavy atom. The van der Waals surface area contributed by atoms with Crippen LogP contribution >= 0.6 is 15.9 Å². The molecule has 0 atom stereocenters. The zero-order chi connectivity index (χ0) is 17.4. The number of hydrogen-bond donors (Lipinski definition) is 1. The van der Waals surface area contributed by atoms with Gasteiger partial charge in [-0.05, 0) is 48.9 Å². The first-order chi connectivity index (χ1) is 11.6. The normalized spacial score (nSPS) is 10.1. The van der Waals surface area contributed by atoms with Gasteiger partial charge >= 0.3 is 5.97 Å². The van der Waals surface area contributed by atoms with E-state index in [-0.39, 0.29) is 18.9 Å². The van der Waals surface area contributed by atoms with Crippen molar-refractivity contribution in [1.29, 1.82) is 0 Å². The smallest absolute Gasteiger partial charge is 0.310 e. The van der Waals surface area contributed by atoms with Crippen molar-refractivity contribution in [3.05, 3.63) is 58.6 Å². The maximum atomic E-state index is 11.8. The van der Waals surface area contributed by atoms with Gasteiger partial charge in [0.1, 0.15) is 5.75 Å². The Labute approximate surface area is 149 Å². The average Bonchev–Trinajstić information content (AvgIpc) is 2.57. The van der Waals surface area contributed by atoms with Crippen LogP contribution in [0, 0.1) is 0 Å². The maximum Gasteiger partial charge on any atom is 0.310 e. The standard InChI is InChI=1S/C18H18BrNO4/c1-2-23-16-9-7-15(8-10-16)20-17(21)12-24-18(22)11-13-3-5-14(19)6-4-13/h3-10H,2,11-12H2,1H3,(H,20,21). The largest absolute Gasteiger partial charge is 0.494 e. The summed E-state index contributed by atoms with van der Waals surface area (Å²) in [4.78, 5) is 23.5. The Morgan fingerprint density at radius 3 is 2.33 bits per heavy atom. The monoisotopic (exact) mass is 391 g/mol. The average molecular weight is 392 g/mol. The number of esters is 1. The summed E-state index contributed by atoms with van der Waals surface area (Å²) in [5.74, 6) is -0.0982. The van der Waals surface area contributed by atoms with E-state index < -0.39 is 5.97 Å². The van der Waals surface area contributed by atoms with Crippen molar-refractivity contribution in [2.75, 3.05) is 18.5 Å². The van der Waals surface area contributed by atoms with Gasteiger partial charge in [0.15, 0.2) is 6.61 Å². The molecule has 0 aliphatic rings. The van der Waals surface area contributed by atoms with Crippen LogP contribution in [0.3, 0.4) is 0 Å². The summed E-state index contributed by atoms with van der Waals surface area (Å²) < 4.78 is 11.2. The van der Waals surface area contributed by atoms with Crippen molar-refractivity contribution in [2.45, 2.75) is 13.3 Å². The Hall–Kier alpha value is -2.34. The van der Waals surface area contributed by atoms with Crippen LogP contribution in [0.4, 0.5) is 5.69 Å². The number of amides is 1. The van der Waals surface area contributed by atoms with Crippen LogP contribution in [0.1, 0.15) is 12.5 Å². The molecule has 0 aromatic heterocycles. The number of carbonyl (C=O) groups is 2. The lowest BCUT2D eigenvalue weighted by molar-refractivity contribution is -0.146. The van der Waals surface area contributed by atoms with E-state index in [2.05, 4.69) is 21.2 Å². The third kappa shape index (κ3) is 6.04. The van der Waals surface area contributed by atoms with Crippen LogP contribution in [0.25, 0.3) is 0 Å². The molecule has 1 N–H and O–H groups in total. The van der Waals surface area contributed by atoms with Crippen LogP contribution in [-0.2, 0) is 20.7 Å². The van der Waals surface area contributed by atoms with E-state index in [1.54, 1.807) is 24.3 Å². The second-order valence-corrected chi connectivity index (χ2v) is 5.89. The lowest BCUT2D eigenvalue weighted by Crippen LogP contribution is -2.21. The number of nitrogens with one attached hydrogen (secondary N) is 1. The fraction of sp³-hybridized carbons (Fsp3) is 0.222. The molecule has 0 spiro atoms. The number of benzene rings is 2. The number of carbonyl (C=O) groups excluding carboxylic acids is 2. The summed E-state index contributed by atoms with van der Waals surface area (Å²) in [5.41, 5.74) is 1.45. The molecule has 0 saturated carbocycles. The minimum absolute atomic E-state index is 0.129. The van der Waals surface area contributed by atoms with E-state index in [0.29, 0.717) is 12.3 Å². The summed E-state index contributed by atoms with van der Waals surface area (Å²) in [7, 11) is 0. The predicted molar refractivity (Wildman–Crippen MR) is 95.0 cm³/mol. The van der Waals surface area contributed by atoms with E-state index in [0.717, 1.165) is 15.8 Å². The molecule has 2 rings (SSSR count). The molecule has 126 valence electrons. The minimum Gasteiger partial charge on any atom is -0.494 e. The molecule has 0 heterocycles. The molecular formula is C18H18BrNO4. The molecule has 5 nitrogen and oxygen atoms in total. The van der Waals surface area contributed by atoms with Crippen molar-refractivity contribution < 1.29 is 19.1 Å². The Morgan fingerprint density at radius 1 is 1.04 bits per heavy atom. The van der Waals surface area contributed by atoms with Crippen molar-refractivity contribution >= 4 is 33.5 Å². The van der Waals surface area contributed by atoms with Crippen LogP contribution in [0.15, 0.2) is 53.0 Å². The van der Waals surface area contributed by atoms with Gasteiger partial charge < -0.3 is 14.8 Å². The summed E-state index contributed by atoms with van der Waals surface area (Å²) in [6.07, 6.45) is 0.129. The molecule has 0 fully saturated rings. The molecule has 0 aliphatic carbocycles. The zero-order valence-electron chi connectivity index (χ0n) is 13.3.